The summed E-state index contributed by atoms with van der Waals surface area (Å²) in [7, 11) is 0. The lowest BCUT2D eigenvalue weighted by atomic mass is 9.68. The first-order valence-corrected chi connectivity index (χ1v) is 13.7. The Morgan fingerprint density at radius 1 is 0.914 bits per heavy atom. The Kier molecular flexibility index (Phi) is 9.02. The fourth-order valence-corrected chi connectivity index (χ4v) is 4.47. The quantitative estimate of drug-likeness (QED) is 0.372. The van der Waals surface area contributed by atoms with Gasteiger partial charge in [-0.15, -0.1) is 0 Å². The Morgan fingerprint density at radius 2 is 1.54 bits per heavy atom. The Morgan fingerprint density at radius 3 is 2.09 bits per heavy atom. The molecule has 2 atom stereocenters. The Labute approximate surface area is 216 Å². The van der Waals surface area contributed by atoms with E-state index in [2.05, 4.69) is 125 Å². The van der Waals surface area contributed by atoms with E-state index in [0.29, 0.717) is 16.7 Å². The van der Waals surface area contributed by atoms with Crippen molar-refractivity contribution < 1.29 is 0 Å². The van der Waals surface area contributed by atoms with Crippen LogP contribution in [0.4, 0.5) is 0 Å². The van der Waals surface area contributed by atoms with Crippen LogP contribution in [0.1, 0.15) is 112 Å². The molecule has 0 fully saturated rings. The van der Waals surface area contributed by atoms with Crippen molar-refractivity contribution in [2.45, 2.75) is 102 Å². The number of rotatable bonds is 1. The molecular formula is C34H51N. The van der Waals surface area contributed by atoms with Gasteiger partial charge in [0.2, 0.25) is 0 Å². The number of allylic oxidation sites excluding steroid dienone is 7. The molecule has 0 saturated heterocycles. The Bertz CT molecular complexity index is 1160. The molecule has 1 heteroatoms. The summed E-state index contributed by atoms with van der Waals surface area (Å²) in [6, 6.07) is 0. The second-order valence-corrected chi connectivity index (χ2v) is 12.5. The zero-order valence-electron chi connectivity index (χ0n) is 24.9. The zero-order chi connectivity index (χ0) is 26.8. The highest BCUT2D eigenvalue weighted by atomic mass is 14.7. The van der Waals surface area contributed by atoms with Crippen LogP contribution in [0.15, 0.2) is 41.5 Å². The largest absolute Gasteiger partial charge is 0.252 e. The minimum absolute atomic E-state index is 0.0722. The summed E-state index contributed by atoms with van der Waals surface area (Å²) in [5, 5.41) is 2.48. The number of aromatic nitrogens is 1. The Balaban J connectivity index is 0.000000335. The molecule has 0 radical (unpaired) electrons. The van der Waals surface area contributed by atoms with E-state index in [1.807, 2.05) is 13.8 Å². The van der Waals surface area contributed by atoms with Crippen molar-refractivity contribution in [1.82, 2.24) is 4.98 Å². The molecule has 0 aliphatic heterocycles. The topological polar surface area (TPSA) is 12.9 Å². The summed E-state index contributed by atoms with van der Waals surface area (Å²) >= 11 is 0. The van der Waals surface area contributed by atoms with Crippen molar-refractivity contribution in [2.24, 2.45) is 22.2 Å². The third-order valence-electron chi connectivity index (χ3n) is 8.42. The summed E-state index contributed by atoms with van der Waals surface area (Å²) in [5.41, 5.74) is 7.56. The van der Waals surface area contributed by atoms with Crippen LogP contribution in [-0.2, 0) is 0 Å². The molecule has 4 rings (SSSR count). The van der Waals surface area contributed by atoms with E-state index < -0.39 is 0 Å². The summed E-state index contributed by atoms with van der Waals surface area (Å²) < 4.78 is 0. The van der Waals surface area contributed by atoms with Gasteiger partial charge in [-0.1, -0.05) is 137 Å². The maximum Gasteiger partial charge on any atom is 0.0671 e. The second kappa shape index (κ2) is 10.9. The van der Waals surface area contributed by atoms with Gasteiger partial charge in [0.15, 0.2) is 0 Å². The molecule has 192 valence electrons. The van der Waals surface area contributed by atoms with Crippen molar-refractivity contribution in [3.05, 3.63) is 68.9 Å². The third kappa shape index (κ3) is 6.35. The van der Waals surface area contributed by atoms with Crippen molar-refractivity contribution in [1.29, 1.82) is 0 Å². The number of hydrogen-bond donors (Lipinski definition) is 0. The first kappa shape index (κ1) is 29.1. The van der Waals surface area contributed by atoms with E-state index >= 15 is 0 Å². The molecule has 1 aromatic heterocycles. The predicted molar refractivity (Wildman–Crippen MR) is 158 cm³/mol. The average Bonchev–Trinajstić information content (AvgIpc) is 3.08. The normalized spacial score (nSPS) is 23.5. The highest BCUT2D eigenvalue weighted by molar-refractivity contribution is 5.67. The van der Waals surface area contributed by atoms with Crippen molar-refractivity contribution >= 4 is 18.2 Å². The molecule has 3 aliphatic rings. The molecule has 0 aromatic carbocycles. The van der Waals surface area contributed by atoms with Gasteiger partial charge < -0.3 is 0 Å². The first-order chi connectivity index (χ1) is 16.2. The number of nitrogens with zero attached hydrogens (tertiary/aromatic N) is 1. The van der Waals surface area contributed by atoms with Gasteiger partial charge in [0.05, 0.1) is 11.0 Å². The minimum atomic E-state index is 0.0722. The van der Waals surface area contributed by atoms with Crippen LogP contribution in [0.3, 0.4) is 0 Å². The van der Waals surface area contributed by atoms with Crippen LogP contribution in [0.2, 0.25) is 0 Å². The fraction of sp³-hybridized carbons (Fsp3) is 0.559. The lowest BCUT2D eigenvalue weighted by molar-refractivity contribution is 0.126. The smallest absolute Gasteiger partial charge is 0.0671 e. The molecule has 0 spiro atoms. The standard InChI is InChI=1S/C23H25N.C9H20.C2H6/c1-14-12-20-16(3)18-7-6-17-8-10-23(4,5)11-9-19(15(17)2)22(18)24-21(20)13-14;1-7-9(5,6)8(2,3)4;1-2/h6-14,19H,1-5H3;7H2,1-6H3;1-2H3/b10-8-,11-9-;;. The molecule has 0 saturated carbocycles. The molecule has 1 aromatic rings. The van der Waals surface area contributed by atoms with Crippen LogP contribution in [0, 0.1) is 29.1 Å². The summed E-state index contributed by atoms with van der Waals surface area (Å²) in [6.45, 7) is 29.0. The SMILES string of the molecule is CC.CC1=C2C=Cc3c(nc4c(c3C)=CC(C)C=4)C1/C=C\C(C)(C)/C=C\2.CCC(C)(C)C(C)(C)C. The molecule has 0 N–H and O–H groups in total. The van der Waals surface area contributed by atoms with E-state index in [9.17, 15) is 0 Å². The van der Waals surface area contributed by atoms with Crippen LogP contribution >= 0.6 is 0 Å². The van der Waals surface area contributed by atoms with Crippen molar-refractivity contribution in [3.63, 3.8) is 0 Å². The molecule has 2 bridgehead atoms. The second-order valence-electron chi connectivity index (χ2n) is 12.5. The number of pyridine rings is 1. The van der Waals surface area contributed by atoms with Gasteiger partial charge in [-0.2, -0.15) is 0 Å². The third-order valence-corrected chi connectivity index (χ3v) is 8.42. The van der Waals surface area contributed by atoms with Crippen molar-refractivity contribution in [2.75, 3.05) is 0 Å². The van der Waals surface area contributed by atoms with Gasteiger partial charge in [0.1, 0.15) is 0 Å². The van der Waals surface area contributed by atoms with Crippen molar-refractivity contribution in [3.8, 4) is 0 Å². The van der Waals surface area contributed by atoms with Crippen LogP contribution in [0.5, 0.6) is 0 Å². The van der Waals surface area contributed by atoms with Gasteiger partial charge >= 0.3 is 0 Å². The highest BCUT2D eigenvalue weighted by Gasteiger charge is 2.30. The minimum Gasteiger partial charge on any atom is -0.252 e. The highest BCUT2D eigenvalue weighted by Crippen LogP contribution is 2.40. The molecule has 35 heavy (non-hydrogen) atoms. The molecule has 3 aliphatic carbocycles. The number of hydrogen-bond acceptors (Lipinski definition) is 1. The van der Waals surface area contributed by atoms with E-state index in [4.69, 9.17) is 4.98 Å². The molecular weight excluding hydrogens is 422 g/mol. The van der Waals surface area contributed by atoms with E-state index in [1.165, 1.54) is 39.6 Å². The first-order valence-electron chi connectivity index (χ1n) is 13.7. The molecule has 1 nitrogen and oxygen atoms in total. The summed E-state index contributed by atoms with van der Waals surface area (Å²) in [6.07, 6.45) is 19.7. The fourth-order valence-electron chi connectivity index (χ4n) is 4.47. The van der Waals surface area contributed by atoms with E-state index in [-0.39, 0.29) is 11.3 Å². The molecule has 1 heterocycles. The van der Waals surface area contributed by atoms with Crippen LogP contribution < -0.4 is 10.6 Å². The Hall–Kier alpha value is -2.15. The van der Waals surface area contributed by atoms with Gasteiger partial charge in [-0.3, -0.25) is 4.98 Å². The van der Waals surface area contributed by atoms with Gasteiger partial charge in [-0.05, 0) is 47.0 Å². The monoisotopic (exact) mass is 473 g/mol. The number of fused-ring (bicyclic) bond motifs is 4. The average molecular weight is 474 g/mol. The van der Waals surface area contributed by atoms with Crippen LogP contribution in [-0.4, -0.2) is 4.98 Å². The van der Waals surface area contributed by atoms with E-state index in [1.54, 1.807) is 0 Å². The predicted octanol–water partition coefficient (Wildman–Crippen LogP) is 8.67. The van der Waals surface area contributed by atoms with Gasteiger partial charge in [0, 0.05) is 16.9 Å². The maximum absolute atomic E-state index is 5.11. The zero-order valence-corrected chi connectivity index (χ0v) is 24.9. The van der Waals surface area contributed by atoms with Gasteiger partial charge in [0.25, 0.3) is 0 Å². The summed E-state index contributed by atoms with van der Waals surface area (Å²) in [4.78, 5) is 5.11. The molecule has 0 amide bonds. The molecule has 2 unspecified atom stereocenters. The van der Waals surface area contributed by atoms with Crippen LogP contribution in [0.25, 0.3) is 18.2 Å². The maximum atomic E-state index is 5.11. The lowest BCUT2D eigenvalue weighted by Gasteiger charge is -2.37. The van der Waals surface area contributed by atoms with Gasteiger partial charge in [-0.25, -0.2) is 0 Å². The van der Waals surface area contributed by atoms with E-state index in [0.717, 1.165) is 5.35 Å². The summed E-state index contributed by atoms with van der Waals surface area (Å²) in [5.74, 6) is 0.727. The lowest BCUT2D eigenvalue weighted by Crippen LogP contribution is -2.31.